The highest BCUT2D eigenvalue weighted by atomic mass is 32.2. The van der Waals surface area contributed by atoms with Crippen LogP contribution in [0.5, 0.6) is 0 Å². The number of ether oxygens (including phenoxy) is 5. The van der Waals surface area contributed by atoms with Crippen molar-refractivity contribution in [3.63, 3.8) is 0 Å². The summed E-state index contributed by atoms with van der Waals surface area (Å²) in [5.41, 5.74) is -0.340. The van der Waals surface area contributed by atoms with E-state index in [2.05, 4.69) is 65.4 Å². The molecule has 0 aromatic carbocycles. The van der Waals surface area contributed by atoms with Crippen LogP contribution in [0.25, 0.3) is 0 Å². The Hall–Kier alpha value is -3.80. The third kappa shape index (κ3) is 12.3. The van der Waals surface area contributed by atoms with Crippen molar-refractivity contribution >= 4 is 51.7 Å². The van der Waals surface area contributed by atoms with Gasteiger partial charge in [0.2, 0.25) is 21.8 Å². The molecule has 0 saturated heterocycles. The highest BCUT2D eigenvalue weighted by Crippen LogP contribution is 2.75. The van der Waals surface area contributed by atoms with Crippen molar-refractivity contribution in [1.82, 2.24) is 10.0 Å². The summed E-state index contributed by atoms with van der Waals surface area (Å²) in [5.74, 6) is 15.1. The number of hydrogen-bond donors (Lipinski definition) is 3. The lowest BCUT2D eigenvalue weighted by Crippen LogP contribution is -2.53. The van der Waals surface area contributed by atoms with Gasteiger partial charge in [-0.1, -0.05) is 55.4 Å². The van der Waals surface area contributed by atoms with E-state index in [4.69, 9.17) is 28.8 Å². The molecule has 30 unspecified atom stereocenters. The summed E-state index contributed by atoms with van der Waals surface area (Å²) in [6.45, 7) is 24.2. The molecule has 20 aliphatic rings. The third-order valence-corrected chi connectivity index (χ3v) is 34.3. The van der Waals surface area contributed by atoms with Crippen LogP contribution < -0.4 is 10.0 Å². The van der Waals surface area contributed by atoms with E-state index < -0.39 is 39.7 Å². The lowest BCUT2D eigenvalue weighted by atomic mass is 9.55. The van der Waals surface area contributed by atoms with Gasteiger partial charge in [0, 0.05) is 7.11 Å². The number of fused-ring (bicyclic) bond motifs is 22. The van der Waals surface area contributed by atoms with Crippen molar-refractivity contribution in [2.75, 3.05) is 26.7 Å². The van der Waals surface area contributed by atoms with E-state index in [1.807, 2.05) is 20.8 Å². The van der Waals surface area contributed by atoms with Gasteiger partial charge in [-0.2, -0.15) is 0 Å². The third-order valence-electron chi connectivity index (χ3n) is 33.8. The first kappa shape index (κ1) is 70.8. The van der Waals surface area contributed by atoms with E-state index >= 15 is 0 Å². The van der Waals surface area contributed by atoms with Crippen molar-refractivity contribution in [1.29, 1.82) is 0 Å². The Morgan fingerprint density at radius 3 is 1.08 bits per heavy atom. The van der Waals surface area contributed by atoms with Crippen LogP contribution in [0.2, 0.25) is 0 Å². The summed E-state index contributed by atoms with van der Waals surface area (Å²) in [7, 11) is -2.13. The van der Waals surface area contributed by atoms with Gasteiger partial charge in [-0.15, -0.1) is 0 Å². The molecule has 0 aliphatic heterocycles. The van der Waals surface area contributed by atoms with Crippen LogP contribution in [0.15, 0.2) is 0 Å². The maximum atomic E-state index is 13.9. The monoisotopic (exact) mass is 1390 g/mol. The van der Waals surface area contributed by atoms with Crippen LogP contribution in [0.3, 0.4) is 0 Å². The number of amides is 2. The fourth-order valence-electron chi connectivity index (χ4n) is 30.0. The Bertz CT molecular complexity index is 3190. The van der Waals surface area contributed by atoms with Crippen molar-refractivity contribution in [2.24, 2.45) is 225 Å². The maximum Gasteiger partial charge on any atom is 0.322 e. The molecule has 20 rings (SSSR count). The average Bonchev–Trinajstić information content (AvgIpc) is 1.53. The second kappa shape index (κ2) is 26.4. The van der Waals surface area contributed by atoms with Crippen LogP contribution in [0.1, 0.15) is 192 Å². The molecule has 30 atom stereocenters. The number of rotatable bonds is 13. The molecule has 552 valence electrons. The van der Waals surface area contributed by atoms with E-state index in [0.717, 1.165) is 79.3 Å². The zero-order valence-electron chi connectivity index (χ0n) is 61.8. The van der Waals surface area contributed by atoms with E-state index in [-0.39, 0.29) is 102 Å². The van der Waals surface area contributed by atoms with E-state index in [0.29, 0.717) is 118 Å². The number of esters is 4. The second-order valence-electron chi connectivity index (χ2n) is 39.0. The van der Waals surface area contributed by atoms with Gasteiger partial charge in [-0.3, -0.25) is 38.3 Å². The quantitative estimate of drug-likeness (QED) is 0.0672. The fourth-order valence-corrected chi connectivity index (χ4v) is 30.5. The number of aliphatic carboxylic acids is 1. The van der Waals surface area contributed by atoms with Crippen LogP contribution >= 0.6 is 0 Å². The second-order valence-corrected chi connectivity index (χ2v) is 40.7. The minimum Gasteiger partial charge on any atom is -0.480 e. The number of carbonyl (C=O) groups excluding carboxylic acids is 6. The van der Waals surface area contributed by atoms with Crippen LogP contribution in [-0.2, 0) is 67.3 Å². The predicted molar refractivity (Wildman–Crippen MR) is 368 cm³/mol. The molecule has 0 spiro atoms. The molecule has 0 aromatic heterocycles. The molecular formula is C81H122N2O15S. The maximum absolute atomic E-state index is 13.9. The normalized spacial score (nSPS) is 51.7. The minimum atomic E-state index is -3.67. The number of carboxylic acid groups (broad SMARTS) is 1. The highest BCUT2D eigenvalue weighted by Gasteiger charge is 2.73. The van der Waals surface area contributed by atoms with E-state index in [1.165, 1.54) is 89.9 Å². The minimum absolute atomic E-state index is 0.00724. The number of nitrogens with one attached hydrogen (secondary N) is 2. The van der Waals surface area contributed by atoms with Crippen molar-refractivity contribution in [2.45, 2.75) is 210 Å². The van der Waals surface area contributed by atoms with Gasteiger partial charge in [0.25, 0.3) is 0 Å². The molecular weight excluding hydrogens is 1270 g/mol. The average molecular weight is 1400 g/mol. The van der Waals surface area contributed by atoms with Gasteiger partial charge in [0.15, 0.2) is 6.79 Å². The van der Waals surface area contributed by atoms with Gasteiger partial charge in [-0.05, 0) is 326 Å². The first-order chi connectivity index (χ1) is 46.9. The molecule has 0 aromatic rings. The zero-order valence-corrected chi connectivity index (χ0v) is 62.6. The van der Waals surface area contributed by atoms with E-state index in [1.54, 1.807) is 7.11 Å². The lowest BCUT2D eigenvalue weighted by molar-refractivity contribution is -0.182. The molecule has 20 bridgehead atoms. The predicted octanol–water partition coefficient (Wildman–Crippen LogP) is 12.4. The fraction of sp³-hybridized carbons (Fsp3) is 0.914. The van der Waals surface area contributed by atoms with Crippen molar-refractivity contribution in [3.8, 4) is 0 Å². The van der Waals surface area contributed by atoms with Gasteiger partial charge >= 0.3 is 29.8 Å². The Labute approximate surface area is 590 Å². The Kier molecular flexibility index (Phi) is 18.9. The van der Waals surface area contributed by atoms with Crippen LogP contribution in [-0.4, -0.2) is 99.7 Å². The number of sulfonamides is 1. The topological polar surface area (TPSA) is 244 Å². The molecule has 0 radical (unpaired) electrons. The first-order valence-corrected chi connectivity index (χ1v) is 42.1. The molecule has 18 heteroatoms. The number of hydrogen-bond acceptors (Lipinski definition) is 14. The van der Waals surface area contributed by atoms with Crippen molar-refractivity contribution < 1.29 is 70.8 Å². The van der Waals surface area contributed by atoms with Gasteiger partial charge < -0.3 is 34.1 Å². The molecule has 20 saturated carbocycles. The highest BCUT2D eigenvalue weighted by molar-refractivity contribution is 7.89. The van der Waals surface area contributed by atoms with Gasteiger partial charge in [-0.25, -0.2) is 8.42 Å². The Balaban J connectivity index is 0.000000115. The summed E-state index contributed by atoms with van der Waals surface area (Å²) in [5, 5.41) is 11.8. The van der Waals surface area contributed by atoms with Crippen LogP contribution in [0.4, 0.5) is 0 Å². The number of carboxylic acids is 1. The molecule has 0 heterocycles. The van der Waals surface area contributed by atoms with Gasteiger partial charge in [0.05, 0.1) is 41.8 Å². The van der Waals surface area contributed by atoms with Gasteiger partial charge in [0.1, 0.15) is 24.4 Å². The standard InChI is InChI=1S/C28H39NO5.C27H39NO5S.C14H24O2.C12H20O3/c1-11-12(2)18-8-17(11)22-19-9-20(23(18)22)25(24(19)27(32)29-10-21(30)31)28(33)34-26-15-4-13-3-14(6-15)7-16(26)5-13;1-11-12(2)18-9-17(11)21-19-10-20(22(18)21)24(23(19)26(29)28-34(3,31)32)27(30)33-25-15-5-13-4-14(7-15)8-16(25)6-13;1-8-9(2)11-6-10(8)7-12(11)13(15)16-14(3,4)5;1-7-8(2)10-4-9(7)5-11(10)12(13)15-6-14-3/h11-20,22-26H,3-10H2,1-2H3,(H,29,32)(H,30,31);11-25H,4-10H2,1-3H3,(H,28,29);8-12H,6-7H2,1-5H3;7-11H,4-6H2,1-3H3. The molecule has 20 aliphatic carbocycles. The summed E-state index contributed by atoms with van der Waals surface area (Å²) in [6.07, 6.45) is 22.2. The summed E-state index contributed by atoms with van der Waals surface area (Å²) in [6, 6.07) is 0. The lowest BCUT2D eigenvalue weighted by Gasteiger charge is -2.54. The first-order valence-electron chi connectivity index (χ1n) is 40.2. The van der Waals surface area contributed by atoms with Crippen molar-refractivity contribution in [3.05, 3.63) is 0 Å². The summed E-state index contributed by atoms with van der Waals surface area (Å²) >= 11 is 0. The van der Waals surface area contributed by atoms with E-state index in [9.17, 15) is 42.0 Å². The molecule has 3 N–H and O–H groups in total. The largest absolute Gasteiger partial charge is 0.480 e. The molecule has 20 fully saturated rings. The Morgan fingerprint density at radius 2 is 0.747 bits per heavy atom. The molecule has 99 heavy (non-hydrogen) atoms. The van der Waals surface area contributed by atoms with Crippen LogP contribution in [0, 0.1) is 225 Å². The summed E-state index contributed by atoms with van der Waals surface area (Å²) < 4.78 is 54.3. The smallest absolute Gasteiger partial charge is 0.322 e. The molecule has 17 nitrogen and oxygen atoms in total. The number of carbonyl (C=O) groups is 7. The Morgan fingerprint density at radius 1 is 0.404 bits per heavy atom. The molecule has 2 amide bonds. The summed E-state index contributed by atoms with van der Waals surface area (Å²) in [4.78, 5) is 89.5. The SMILES string of the molecule is CC1C(C)C2CC1C1C3CC(C(C(=O)OC4C5CC6CC(C5)CC4C6)C3C(=O)NCC(=O)O)C21.CC1C(C)C2CC1C1C3CC(C(C(=O)OC4C5CC6CC(C5)CC4C6)C3C(=O)NS(C)(=O)=O)C21.CC1C2CC(C(=O)OC(C)(C)C)C(C2)C1C.COCOC(=O)C1CC2CC1C(C)C2C. The number of methoxy groups -OCH3 is 1. The zero-order chi connectivity index (χ0) is 70.2.